The van der Waals surface area contributed by atoms with Crippen LogP contribution in [-0.2, 0) is 24.3 Å². The molecular weight excluding hydrogens is 420 g/mol. The topological polar surface area (TPSA) is 102 Å². The predicted octanol–water partition coefficient (Wildman–Crippen LogP) is 2.05. The minimum Gasteiger partial charge on any atom is -0.452 e. The number of morpholine rings is 1. The van der Waals surface area contributed by atoms with Crippen molar-refractivity contribution in [2.75, 3.05) is 32.9 Å². The van der Waals surface area contributed by atoms with Crippen LogP contribution in [0.4, 0.5) is 0 Å². The van der Waals surface area contributed by atoms with Crippen LogP contribution >= 0.6 is 0 Å². The van der Waals surface area contributed by atoms with Crippen LogP contribution in [0.5, 0.6) is 0 Å². The van der Waals surface area contributed by atoms with E-state index >= 15 is 0 Å². The van der Waals surface area contributed by atoms with Crippen LogP contribution in [0.2, 0.25) is 0 Å². The van der Waals surface area contributed by atoms with Crippen molar-refractivity contribution in [3.05, 3.63) is 65.2 Å². The van der Waals surface area contributed by atoms with E-state index in [4.69, 9.17) is 9.47 Å². The number of benzene rings is 2. The largest absolute Gasteiger partial charge is 0.452 e. The van der Waals surface area contributed by atoms with Gasteiger partial charge < -0.3 is 14.8 Å². The number of rotatable bonds is 7. The summed E-state index contributed by atoms with van der Waals surface area (Å²) in [5, 5.41) is 2.76. The summed E-state index contributed by atoms with van der Waals surface area (Å²) in [6.45, 7) is 4.22. The molecule has 1 atom stereocenters. The summed E-state index contributed by atoms with van der Waals surface area (Å²) in [5.74, 6) is -1.21. The van der Waals surface area contributed by atoms with E-state index in [2.05, 4.69) is 5.32 Å². The number of carbonyl (C=O) groups is 2. The van der Waals surface area contributed by atoms with E-state index in [1.165, 1.54) is 16.4 Å². The molecule has 1 aliphatic rings. The lowest BCUT2D eigenvalue weighted by molar-refractivity contribution is -0.124. The highest BCUT2D eigenvalue weighted by molar-refractivity contribution is 7.89. The molecule has 0 spiro atoms. The van der Waals surface area contributed by atoms with Gasteiger partial charge >= 0.3 is 5.97 Å². The molecule has 0 aromatic heterocycles. The number of amides is 1. The van der Waals surface area contributed by atoms with Crippen molar-refractivity contribution in [3.8, 4) is 0 Å². The highest BCUT2D eigenvalue weighted by Crippen LogP contribution is 2.22. The molecule has 1 saturated heterocycles. The molecule has 9 heteroatoms. The summed E-state index contributed by atoms with van der Waals surface area (Å²) in [6.07, 6.45) is 0. The van der Waals surface area contributed by atoms with Crippen LogP contribution in [0.25, 0.3) is 0 Å². The summed E-state index contributed by atoms with van der Waals surface area (Å²) < 4.78 is 37.6. The van der Waals surface area contributed by atoms with Gasteiger partial charge in [0.25, 0.3) is 5.91 Å². The number of aryl methyl sites for hydroxylation is 1. The fraction of sp³-hybridized carbons (Fsp3) is 0.364. The van der Waals surface area contributed by atoms with Crippen molar-refractivity contribution in [2.24, 2.45) is 0 Å². The van der Waals surface area contributed by atoms with Crippen molar-refractivity contribution >= 4 is 21.9 Å². The minimum absolute atomic E-state index is 0.0472. The van der Waals surface area contributed by atoms with Crippen molar-refractivity contribution in [2.45, 2.75) is 24.8 Å². The molecule has 166 valence electrons. The van der Waals surface area contributed by atoms with E-state index < -0.39 is 28.5 Å². The molecular formula is C22H26N2O6S. The summed E-state index contributed by atoms with van der Waals surface area (Å²) in [5.41, 5.74) is 1.53. The number of sulfonamides is 1. The molecule has 1 unspecified atom stereocenters. The van der Waals surface area contributed by atoms with Gasteiger partial charge in [-0.1, -0.05) is 36.4 Å². The lowest BCUT2D eigenvalue weighted by Crippen LogP contribution is -2.40. The average Bonchev–Trinajstić information content (AvgIpc) is 2.78. The molecule has 2 aromatic carbocycles. The van der Waals surface area contributed by atoms with Crippen LogP contribution in [0.3, 0.4) is 0 Å². The Morgan fingerprint density at radius 3 is 2.48 bits per heavy atom. The Kier molecular flexibility index (Phi) is 7.42. The number of nitrogens with one attached hydrogen (secondary N) is 1. The van der Waals surface area contributed by atoms with Gasteiger partial charge in [-0.2, -0.15) is 4.31 Å². The molecule has 1 amide bonds. The molecule has 3 rings (SSSR count). The van der Waals surface area contributed by atoms with Crippen LogP contribution in [0.1, 0.15) is 34.5 Å². The van der Waals surface area contributed by atoms with E-state index in [0.29, 0.717) is 18.8 Å². The first kappa shape index (κ1) is 22.9. The second kappa shape index (κ2) is 10.0. The molecule has 0 aliphatic carbocycles. The van der Waals surface area contributed by atoms with Crippen molar-refractivity contribution in [1.29, 1.82) is 0 Å². The molecule has 1 heterocycles. The number of nitrogens with zero attached hydrogens (tertiary/aromatic N) is 1. The SMILES string of the molecule is Cc1ccc(C(=O)OCC(=O)NC(C)c2ccccc2)cc1S(=O)(=O)N1CCOCC1. The third-order valence-electron chi connectivity index (χ3n) is 5.02. The maximum absolute atomic E-state index is 13.0. The molecule has 0 bridgehead atoms. The third-order valence-corrected chi connectivity index (χ3v) is 7.06. The van der Waals surface area contributed by atoms with Gasteiger partial charge in [-0.25, -0.2) is 13.2 Å². The normalized spacial score (nSPS) is 15.8. The summed E-state index contributed by atoms with van der Waals surface area (Å²) in [6, 6.07) is 13.5. The summed E-state index contributed by atoms with van der Waals surface area (Å²) >= 11 is 0. The number of carbonyl (C=O) groups excluding carboxylic acids is 2. The van der Waals surface area contributed by atoms with Gasteiger partial charge in [0.1, 0.15) is 0 Å². The van der Waals surface area contributed by atoms with E-state index in [1.807, 2.05) is 37.3 Å². The summed E-state index contributed by atoms with van der Waals surface area (Å²) in [7, 11) is -3.76. The Labute approximate surface area is 182 Å². The number of hydrogen-bond acceptors (Lipinski definition) is 6. The Morgan fingerprint density at radius 2 is 1.81 bits per heavy atom. The minimum atomic E-state index is -3.76. The molecule has 1 N–H and O–H groups in total. The van der Waals surface area contributed by atoms with Crippen LogP contribution in [-0.4, -0.2) is 57.5 Å². The van der Waals surface area contributed by atoms with E-state index in [1.54, 1.807) is 13.0 Å². The van der Waals surface area contributed by atoms with Gasteiger partial charge in [0, 0.05) is 13.1 Å². The Morgan fingerprint density at radius 1 is 1.13 bits per heavy atom. The smallest absolute Gasteiger partial charge is 0.338 e. The van der Waals surface area contributed by atoms with Gasteiger partial charge in [-0.3, -0.25) is 4.79 Å². The first-order valence-corrected chi connectivity index (χ1v) is 11.4. The van der Waals surface area contributed by atoms with E-state index in [0.717, 1.165) is 5.56 Å². The maximum atomic E-state index is 13.0. The van der Waals surface area contributed by atoms with Crippen molar-refractivity contribution in [3.63, 3.8) is 0 Å². The quantitative estimate of drug-likeness (QED) is 0.653. The van der Waals surface area contributed by atoms with E-state index in [9.17, 15) is 18.0 Å². The number of hydrogen-bond donors (Lipinski definition) is 1. The van der Waals surface area contributed by atoms with Gasteiger partial charge in [-0.05, 0) is 37.1 Å². The Bertz CT molecular complexity index is 1030. The zero-order valence-corrected chi connectivity index (χ0v) is 18.4. The molecule has 1 fully saturated rings. The Balaban J connectivity index is 1.64. The van der Waals surface area contributed by atoms with Crippen LogP contribution in [0, 0.1) is 6.92 Å². The maximum Gasteiger partial charge on any atom is 0.338 e. The lowest BCUT2D eigenvalue weighted by atomic mass is 10.1. The lowest BCUT2D eigenvalue weighted by Gasteiger charge is -2.26. The number of esters is 1. The van der Waals surface area contributed by atoms with Gasteiger partial charge in [0.2, 0.25) is 10.0 Å². The zero-order valence-electron chi connectivity index (χ0n) is 17.5. The molecule has 1 aliphatic heterocycles. The molecule has 2 aromatic rings. The predicted molar refractivity (Wildman–Crippen MR) is 114 cm³/mol. The standard InChI is InChI=1S/C22H26N2O6S/c1-16-8-9-19(14-20(16)31(27,28)24-10-12-29-13-11-24)22(26)30-15-21(25)23-17(2)18-6-4-3-5-7-18/h3-9,14,17H,10-13,15H2,1-2H3,(H,23,25). The first-order chi connectivity index (χ1) is 14.8. The molecule has 0 saturated carbocycles. The number of ether oxygens (including phenoxy) is 2. The van der Waals surface area contributed by atoms with Crippen LogP contribution < -0.4 is 5.32 Å². The summed E-state index contributed by atoms with van der Waals surface area (Å²) in [4.78, 5) is 24.6. The average molecular weight is 447 g/mol. The second-order valence-corrected chi connectivity index (χ2v) is 9.18. The first-order valence-electron chi connectivity index (χ1n) is 9.99. The monoisotopic (exact) mass is 446 g/mol. The van der Waals surface area contributed by atoms with Crippen molar-refractivity contribution < 1.29 is 27.5 Å². The fourth-order valence-corrected chi connectivity index (χ4v) is 4.91. The Hall–Kier alpha value is -2.75. The van der Waals surface area contributed by atoms with Gasteiger partial charge in [-0.15, -0.1) is 0 Å². The van der Waals surface area contributed by atoms with Crippen molar-refractivity contribution in [1.82, 2.24) is 9.62 Å². The third kappa shape index (κ3) is 5.69. The van der Waals surface area contributed by atoms with E-state index in [-0.39, 0.29) is 29.6 Å². The van der Waals surface area contributed by atoms with Gasteiger partial charge in [0.15, 0.2) is 6.61 Å². The highest BCUT2D eigenvalue weighted by atomic mass is 32.2. The van der Waals surface area contributed by atoms with Gasteiger partial charge in [0.05, 0.1) is 29.7 Å². The van der Waals surface area contributed by atoms with Crippen LogP contribution in [0.15, 0.2) is 53.4 Å². The molecule has 8 nitrogen and oxygen atoms in total. The zero-order chi connectivity index (χ0) is 22.4. The molecule has 0 radical (unpaired) electrons. The fourth-order valence-electron chi connectivity index (χ4n) is 3.25. The molecule has 31 heavy (non-hydrogen) atoms. The highest BCUT2D eigenvalue weighted by Gasteiger charge is 2.28. The second-order valence-electron chi connectivity index (χ2n) is 7.27.